The van der Waals surface area contributed by atoms with Crippen molar-refractivity contribution in [3.8, 4) is 11.4 Å². The normalized spacial score (nSPS) is 12.4. The highest BCUT2D eigenvalue weighted by Crippen LogP contribution is 2.20. The standard InChI is InChI=1S/C20H22N4O4S/c1-14-9-11-16(12-10-14)19-22-18(28-23-19)13-21-20(25)15(2)24(29(3,26)27)17-7-5-4-6-8-17/h4-12,15H,13H2,1-3H3,(H,21,25). The Morgan fingerprint density at radius 2 is 1.79 bits per heavy atom. The first-order valence-corrected chi connectivity index (χ1v) is 10.8. The van der Waals surface area contributed by atoms with Crippen LogP contribution >= 0.6 is 0 Å². The van der Waals surface area contributed by atoms with Gasteiger partial charge in [0.15, 0.2) is 0 Å². The maximum absolute atomic E-state index is 12.6. The van der Waals surface area contributed by atoms with Gasteiger partial charge in [-0.3, -0.25) is 9.10 Å². The lowest BCUT2D eigenvalue weighted by molar-refractivity contribution is -0.122. The molecule has 0 saturated heterocycles. The number of aromatic nitrogens is 2. The fourth-order valence-corrected chi connectivity index (χ4v) is 4.02. The van der Waals surface area contributed by atoms with Gasteiger partial charge in [-0.15, -0.1) is 0 Å². The molecular weight excluding hydrogens is 392 g/mol. The van der Waals surface area contributed by atoms with Gasteiger partial charge in [0.1, 0.15) is 6.04 Å². The molecule has 1 amide bonds. The summed E-state index contributed by atoms with van der Waals surface area (Å²) in [6.07, 6.45) is 1.07. The van der Waals surface area contributed by atoms with Gasteiger partial charge < -0.3 is 9.84 Å². The molecule has 3 rings (SSSR count). The van der Waals surface area contributed by atoms with E-state index < -0.39 is 22.0 Å². The lowest BCUT2D eigenvalue weighted by Crippen LogP contribution is -2.47. The molecule has 3 aromatic rings. The van der Waals surface area contributed by atoms with Crippen LogP contribution in [-0.4, -0.2) is 36.8 Å². The molecule has 1 unspecified atom stereocenters. The minimum Gasteiger partial charge on any atom is -0.345 e. The van der Waals surface area contributed by atoms with Gasteiger partial charge >= 0.3 is 0 Å². The predicted molar refractivity (Wildman–Crippen MR) is 110 cm³/mol. The molecule has 152 valence electrons. The van der Waals surface area contributed by atoms with Gasteiger partial charge in [-0.1, -0.05) is 53.2 Å². The first-order valence-electron chi connectivity index (χ1n) is 8.97. The van der Waals surface area contributed by atoms with Crippen LogP contribution in [0, 0.1) is 6.92 Å². The first-order chi connectivity index (χ1) is 13.8. The molecule has 0 aliphatic carbocycles. The summed E-state index contributed by atoms with van der Waals surface area (Å²) in [6, 6.07) is 15.2. The van der Waals surface area contributed by atoms with Gasteiger partial charge in [0.25, 0.3) is 0 Å². The minimum absolute atomic E-state index is 0.00553. The van der Waals surface area contributed by atoms with Crippen molar-refractivity contribution < 1.29 is 17.7 Å². The zero-order valence-electron chi connectivity index (χ0n) is 16.4. The summed E-state index contributed by atoms with van der Waals surface area (Å²) in [5, 5.41) is 6.57. The van der Waals surface area contributed by atoms with Crippen molar-refractivity contribution in [2.45, 2.75) is 26.4 Å². The highest BCUT2D eigenvalue weighted by molar-refractivity contribution is 7.92. The zero-order valence-corrected chi connectivity index (χ0v) is 17.2. The Balaban J connectivity index is 1.69. The van der Waals surface area contributed by atoms with Crippen LogP contribution < -0.4 is 9.62 Å². The number of carbonyl (C=O) groups is 1. The zero-order chi connectivity index (χ0) is 21.0. The Morgan fingerprint density at radius 3 is 2.41 bits per heavy atom. The van der Waals surface area contributed by atoms with Crippen molar-refractivity contribution in [1.82, 2.24) is 15.5 Å². The van der Waals surface area contributed by atoms with E-state index >= 15 is 0 Å². The third kappa shape index (κ3) is 5.00. The number of nitrogens with one attached hydrogen (secondary N) is 1. The number of aryl methyl sites for hydroxylation is 1. The van der Waals surface area contributed by atoms with Gasteiger partial charge in [0.05, 0.1) is 18.5 Å². The molecule has 0 saturated carbocycles. The molecule has 0 aliphatic rings. The number of hydrogen-bond acceptors (Lipinski definition) is 6. The number of carbonyl (C=O) groups excluding carboxylic acids is 1. The Morgan fingerprint density at radius 1 is 1.14 bits per heavy atom. The summed E-state index contributed by atoms with van der Waals surface area (Å²) in [5.74, 6) is 0.172. The Bertz CT molecular complexity index is 1080. The molecule has 9 heteroatoms. The number of rotatable bonds is 7. The second-order valence-corrected chi connectivity index (χ2v) is 8.53. The van der Waals surface area contributed by atoms with Gasteiger partial charge in [-0.05, 0) is 26.0 Å². The molecule has 0 fully saturated rings. The van der Waals surface area contributed by atoms with Gasteiger partial charge in [-0.25, -0.2) is 8.42 Å². The first kappa shape index (κ1) is 20.5. The van der Waals surface area contributed by atoms with Crippen LogP contribution in [0.5, 0.6) is 0 Å². The van der Waals surface area contributed by atoms with Crippen molar-refractivity contribution >= 4 is 21.6 Å². The molecule has 1 aromatic heterocycles. The van der Waals surface area contributed by atoms with Crippen molar-refractivity contribution in [3.05, 3.63) is 66.1 Å². The third-order valence-electron chi connectivity index (χ3n) is 4.29. The average Bonchev–Trinajstić information content (AvgIpc) is 3.15. The summed E-state index contributed by atoms with van der Waals surface area (Å²) in [7, 11) is -3.66. The number of nitrogens with zero attached hydrogens (tertiary/aromatic N) is 3. The molecule has 0 spiro atoms. The number of sulfonamides is 1. The third-order valence-corrected chi connectivity index (χ3v) is 5.53. The minimum atomic E-state index is -3.66. The topological polar surface area (TPSA) is 105 Å². The predicted octanol–water partition coefficient (Wildman–Crippen LogP) is 2.52. The summed E-state index contributed by atoms with van der Waals surface area (Å²) in [5.41, 5.74) is 2.34. The maximum atomic E-state index is 12.6. The number of benzene rings is 2. The van der Waals surface area contributed by atoms with E-state index in [0.717, 1.165) is 21.7 Å². The summed E-state index contributed by atoms with van der Waals surface area (Å²) >= 11 is 0. The average molecular weight is 414 g/mol. The van der Waals surface area contributed by atoms with E-state index in [1.54, 1.807) is 30.3 Å². The van der Waals surface area contributed by atoms with Crippen molar-refractivity contribution in [2.75, 3.05) is 10.6 Å². The molecule has 1 N–H and O–H groups in total. The van der Waals surface area contributed by atoms with Crippen LogP contribution in [0.4, 0.5) is 5.69 Å². The second-order valence-electron chi connectivity index (χ2n) is 6.67. The summed E-state index contributed by atoms with van der Waals surface area (Å²) in [4.78, 5) is 16.9. The smallest absolute Gasteiger partial charge is 0.246 e. The molecule has 0 bridgehead atoms. The van der Waals surface area contributed by atoms with E-state index in [0.29, 0.717) is 11.5 Å². The van der Waals surface area contributed by atoms with E-state index in [-0.39, 0.29) is 12.4 Å². The van der Waals surface area contributed by atoms with Gasteiger partial charge in [0.2, 0.25) is 27.6 Å². The fraction of sp³-hybridized carbons (Fsp3) is 0.250. The van der Waals surface area contributed by atoms with E-state index in [2.05, 4.69) is 15.5 Å². The van der Waals surface area contributed by atoms with E-state index in [9.17, 15) is 13.2 Å². The van der Waals surface area contributed by atoms with Crippen molar-refractivity contribution in [1.29, 1.82) is 0 Å². The lowest BCUT2D eigenvalue weighted by atomic mass is 10.1. The summed E-state index contributed by atoms with van der Waals surface area (Å²) in [6.45, 7) is 3.50. The maximum Gasteiger partial charge on any atom is 0.246 e. The fourth-order valence-electron chi connectivity index (χ4n) is 2.84. The van der Waals surface area contributed by atoms with E-state index in [1.807, 2.05) is 31.2 Å². The highest BCUT2D eigenvalue weighted by atomic mass is 32.2. The van der Waals surface area contributed by atoms with E-state index in [4.69, 9.17) is 4.52 Å². The van der Waals surface area contributed by atoms with Crippen LogP contribution in [0.15, 0.2) is 59.1 Å². The molecular formula is C20H22N4O4S. The number of hydrogen-bond donors (Lipinski definition) is 1. The largest absolute Gasteiger partial charge is 0.345 e. The Labute approximate surface area is 169 Å². The molecule has 1 atom stereocenters. The highest BCUT2D eigenvalue weighted by Gasteiger charge is 2.29. The quantitative estimate of drug-likeness (QED) is 0.637. The van der Waals surface area contributed by atoms with E-state index in [1.165, 1.54) is 6.92 Å². The van der Waals surface area contributed by atoms with Crippen molar-refractivity contribution in [2.24, 2.45) is 0 Å². The lowest BCUT2D eigenvalue weighted by Gasteiger charge is -2.28. The monoisotopic (exact) mass is 414 g/mol. The molecule has 0 aliphatic heterocycles. The SMILES string of the molecule is Cc1ccc(-c2noc(CNC(=O)C(C)N(c3ccccc3)S(C)(=O)=O)n2)cc1. The van der Waals surface area contributed by atoms with Crippen molar-refractivity contribution in [3.63, 3.8) is 0 Å². The number of anilines is 1. The molecule has 29 heavy (non-hydrogen) atoms. The van der Waals surface area contributed by atoms with Crippen LogP contribution in [0.3, 0.4) is 0 Å². The Hall–Kier alpha value is -3.20. The van der Waals surface area contributed by atoms with Crippen LogP contribution in [0.1, 0.15) is 18.4 Å². The van der Waals surface area contributed by atoms with Crippen LogP contribution in [0.2, 0.25) is 0 Å². The Kier molecular flexibility index (Phi) is 5.97. The summed E-state index contributed by atoms with van der Waals surface area (Å²) < 4.78 is 30.7. The number of amides is 1. The second kappa shape index (κ2) is 8.44. The molecule has 0 radical (unpaired) electrons. The van der Waals surface area contributed by atoms with Gasteiger partial charge in [-0.2, -0.15) is 4.98 Å². The van der Waals surface area contributed by atoms with Gasteiger partial charge in [0, 0.05) is 5.56 Å². The molecule has 1 heterocycles. The van der Waals surface area contributed by atoms with Crippen LogP contribution in [0.25, 0.3) is 11.4 Å². The number of para-hydroxylation sites is 1. The van der Waals surface area contributed by atoms with Crippen LogP contribution in [-0.2, 0) is 21.4 Å². The molecule has 2 aromatic carbocycles. The molecule has 8 nitrogen and oxygen atoms in total.